The number of hydrogen-bond acceptors (Lipinski definition) is 4. The molecular weight excluding hydrogens is 261 g/mol. The van der Waals surface area contributed by atoms with Crippen molar-refractivity contribution in [3.63, 3.8) is 0 Å². The van der Waals surface area contributed by atoms with Gasteiger partial charge in [-0.15, -0.1) is 0 Å². The lowest BCUT2D eigenvalue weighted by Gasteiger charge is -2.16. The highest BCUT2D eigenvalue weighted by Crippen LogP contribution is 2.23. The molecule has 1 unspecified atom stereocenters. The zero-order chi connectivity index (χ0) is 14.7. The third-order valence-corrected chi connectivity index (χ3v) is 2.98. The number of aryl methyl sites for hydroxylation is 1. The first-order chi connectivity index (χ1) is 9.51. The number of rotatable bonds is 4. The summed E-state index contributed by atoms with van der Waals surface area (Å²) in [6.07, 6.45) is 3.61. The van der Waals surface area contributed by atoms with E-state index in [2.05, 4.69) is 15.2 Å². The fraction of sp³-hybridized carbons (Fsp3) is 0.286. The van der Waals surface area contributed by atoms with Gasteiger partial charge in [0.1, 0.15) is 5.82 Å². The summed E-state index contributed by atoms with van der Waals surface area (Å²) in [4.78, 5) is 11.7. The monoisotopic (exact) mass is 277 g/mol. The normalized spacial score (nSPS) is 12.0. The minimum absolute atomic E-state index is 0.0717. The summed E-state index contributed by atoms with van der Waals surface area (Å²) in [6.45, 7) is 1.93. The number of nitrogens with zero attached hydrogens (tertiary/aromatic N) is 2. The van der Waals surface area contributed by atoms with Gasteiger partial charge in [-0.25, -0.2) is 9.18 Å². The van der Waals surface area contributed by atoms with Gasteiger partial charge < -0.3 is 10.1 Å². The fourth-order valence-electron chi connectivity index (χ4n) is 1.90. The van der Waals surface area contributed by atoms with Crippen molar-refractivity contribution in [2.45, 2.75) is 13.0 Å². The van der Waals surface area contributed by atoms with Gasteiger partial charge in [-0.2, -0.15) is 5.10 Å². The summed E-state index contributed by atoms with van der Waals surface area (Å²) < 4.78 is 19.6. The number of esters is 1. The predicted molar refractivity (Wildman–Crippen MR) is 73.0 cm³/mol. The molecule has 0 radical (unpaired) electrons. The summed E-state index contributed by atoms with van der Waals surface area (Å²) in [5, 5.41) is 7.25. The molecule has 1 N–H and O–H groups in total. The number of carbonyl (C=O) groups is 1. The van der Waals surface area contributed by atoms with Crippen molar-refractivity contribution in [2.24, 2.45) is 7.05 Å². The van der Waals surface area contributed by atoms with E-state index >= 15 is 0 Å². The number of aromatic nitrogens is 2. The lowest BCUT2D eigenvalue weighted by atomic mass is 10.1. The summed E-state index contributed by atoms with van der Waals surface area (Å²) in [7, 11) is 3.09. The highest BCUT2D eigenvalue weighted by atomic mass is 19.1. The molecule has 0 amide bonds. The van der Waals surface area contributed by atoms with Crippen molar-refractivity contribution in [3.05, 3.63) is 47.5 Å². The minimum atomic E-state index is -0.578. The Hall–Kier alpha value is -2.37. The van der Waals surface area contributed by atoms with Crippen LogP contribution in [0.1, 0.15) is 28.9 Å². The molecule has 1 heterocycles. The van der Waals surface area contributed by atoms with E-state index in [0.29, 0.717) is 5.69 Å². The predicted octanol–water partition coefficient (Wildman–Crippen LogP) is 2.52. The molecule has 2 aromatic rings. The van der Waals surface area contributed by atoms with Crippen molar-refractivity contribution >= 4 is 11.7 Å². The number of benzene rings is 1. The van der Waals surface area contributed by atoms with Crippen LogP contribution < -0.4 is 5.32 Å². The second-order valence-corrected chi connectivity index (χ2v) is 4.49. The fourth-order valence-corrected chi connectivity index (χ4v) is 1.90. The van der Waals surface area contributed by atoms with E-state index < -0.39 is 11.8 Å². The van der Waals surface area contributed by atoms with E-state index in [1.165, 1.54) is 19.2 Å². The Morgan fingerprint density at radius 2 is 2.25 bits per heavy atom. The number of halogens is 1. The minimum Gasteiger partial charge on any atom is -0.465 e. The van der Waals surface area contributed by atoms with Gasteiger partial charge in [0.15, 0.2) is 0 Å². The molecule has 0 aliphatic carbocycles. The van der Waals surface area contributed by atoms with Gasteiger partial charge in [0.05, 0.1) is 24.9 Å². The number of carbonyl (C=O) groups excluding carboxylic acids is 1. The molecule has 1 atom stereocenters. The van der Waals surface area contributed by atoms with Crippen LogP contribution in [0, 0.1) is 5.82 Å². The summed E-state index contributed by atoms with van der Waals surface area (Å²) in [6, 6.07) is 3.90. The average molecular weight is 277 g/mol. The van der Waals surface area contributed by atoms with Crippen LogP contribution in [0.5, 0.6) is 0 Å². The molecule has 2 rings (SSSR count). The smallest absolute Gasteiger partial charge is 0.340 e. The van der Waals surface area contributed by atoms with Crippen molar-refractivity contribution < 1.29 is 13.9 Å². The number of hydrogen-bond donors (Lipinski definition) is 1. The Morgan fingerprint density at radius 1 is 1.50 bits per heavy atom. The molecule has 6 heteroatoms. The Kier molecular flexibility index (Phi) is 4.02. The van der Waals surface area contributed by atoms with Crippen LogP contribution in [0.2, 0.25) is 0 Å². The quantitative estimate of drug-likeness (QED) is 0.872. The van der Waals surface area contributed by atoms with Crippen LogP contribution in [0.15, 0.2) is 30.6 Å². The molecule has 0 aliphatic heterocycles. The third-order valence-electron chi connectivity index (χ3n) is 2.98. The Morgan fingerprint density at radius 3 is 2.85 bits per heavy atom. The maximum absolute atomic E-state index is 13.3. The topological polar surface area (TPSA) is 56.1 Å². The largest absolute Gasteiger partial charge is 0.465 e. The average Bonchev–Trinajstić information content (AvgIpc) is 2.86. The number of nitrogens with one attached hydrogen (secondary N) is 1. The molecule has 0 fully saturated rings. The summed E-state index contributed by atoms with van der Waals surface area (Å²) >= 11 is 0. The SMILES string of the molecule is COC(=O)c1cc(F)ccc1NC(C)c1cnn(C)c1. The Balaban J connectivity index is 2.26. The van der Waals surface area contributed by atoms with E-state index in [0.717, 1.165) is 11.6 Å². The highest BCUT2D eigenvalue weighted by Gasteiger charge is 2.16. The van der Waals surface area contributed by atoms with Gasteiger partial charge in [-0.05, 0) is 25.1 Å². The second-order valence-electron chi connectivity index (χ2n) is 4.49. The molecule has 0 aliphatic rings. The van der Waals surface area contributed by atoms with E-state index in [9.17, 15) is 9.18 Å². The van der Waals surface area contributed by atoms with E-state index in [4.69, 9.17) is 0 Å². The van der Waals surface area contributed by atoms with Crippen molar-refractivity contribution in [1.82, 2.24) is 9.78 Å². The van der Waals surface area contributed by atoms with Gasteiger partial charge in [-0.1, -0.05) is 0 Å². The van der Waals surface area contributed by atoms with Crippen LogP contribution >= 0.6 is 0 Å². The molecular formula is C14H16FN3O2. The van der Waals surface area contributed by atoms with Gasteiger partial charge in [0, 0.05) is 24.5 Å². The van der Waals surface area contributed by atoms with E-state index in [1.54, 1.807) is 10.9 Å². The van der Waals surface area contributed by atoms with Crippen LogP contribution in [-0.4, -0.2) is 22.9 Å². The summed E-state index contributed by atoms with van der Waals surface area (Å²) in [5.41, 5.74) is 1.66. The zero-order valence-corrected chi connectivity index (χ0v) is 11.6. The van der Waals surface area contributed by atoms with Crippen molar-refractivity contribution in [2.75, 3.05) is 12.4 Å². The number of methoxy groups -OCH3 is 1. The van der Waals surface area contributed by atoms with Crippen molar-refractivity contribution in [1.29, 1.82) is 0 Å². The van der Waals surface area contributed by atoms with Crippen LogP contribution in [0.25, 0.3) is 0 Å². The molecule has 0 bridgehead atoms. The Bertz CT molecular complexity index is 625. The maximum Gasteiger partial charge on any atom is 0.340 e. The lowest BCUT2D eigenvalue weighted by molar-refractivity contribution is 0.0601. The molecule has 0 spiro atoms. The van der Waals surface area contributed by atoms with Crippen LogP contribution in [0.3, 0.4) is 0 Å². The van der Waals surface area contributed by atoms with Crippen molar-refractivity contribution in [3.8, 4) is 0 Å². The molecule has 106 valence electrons. The maximum atomic E-state index is 13.3. The van der Waals surface area contributed by atoms with Gasteiger partial charge >= 0.3 is 5.97 Å². The molecule has 0 saturated carbocycles. The molecule has 5 nitrogen and oxygen atoms in total. The van der Waals surface area contributed by atoms with Gasteiger partial charge in [0.2, 0.25) is 0 Å². The van der Waals surface area contributed by atoms with Gasteiger partial charge in [0.25, 0.3) is 0 Å². The van der Waals surface area contributed by atoms with Gasteiger partial charge in [-0.3, -0.25) is 4.68 Å². The third kappa shape index (κ3) is 2.96. The van der Waals surface area contributed by atoms with Crippen LogP contribution in [-0.2, 0) is 11.8 Å². The van der Waals surface area contributed by atoms with E-state index in [-0.39, 0.29) is 11.6 Å². The number of anilines is 1. The first-order valence-electron chi connectivity index (χ1n) is 6.14. The lowest BCUT2D eigenvalue weighted by Crippen LogP contribution is -2.11. The number of ether oxygens (including phenoxy) is 1. The van der Waals surface area contributed by atoms with E-state index in [1.807, 2.05) is 20.2 Å². The second kappa shape index (κ2) is 5.73. The standard InChI is InChI=1S/C14H16FN3O2/c1-9(10-7-16-18(2)8-10)17-13-5-4-11(15)6-12(13)14(19)20-3/h4-9,17H,1-3H3. The first kappa shape index (κ1) is 14.0. The first-order valence-corrected chi connectivity index (χ1v) is 6.14. The molecule has 0 saturated heterocycles. The summed E-state index contributed by atoms with van der Waals surface area (Å²) in [5.74, 6) is -1.06. The molecule has 1 aromatic heterocycles. The Labute approximate surface area is 116 Å². The highest BCUT2D eigenvalue weighted by molar-refractivity contribution is 5.95. The van der Waals surface area contributed by atoms with Crippen LogP contribution in [0.4, 0.5) is 10.1 Å². The molecule has 20 heavy (non-hydrogen) atoms. The zero-order valence-electron chi connectivity index (χ0n) is 11.6. The molecule has 1 aromatic carbocycles.